The lowest BCUT2D eigenvalue weighted by Gasteiger charge is -2.19. The first-order valence-electron chi connectivity index (χ1n) is 8.48. The molecule has 0 bridgehead atoms. The quantitative estimate of drug-likeness (QED) is 0.841. The molecule has 1 aromatic carbocycles. The Morgan fingerprint density at radius 2 is 2.08 bits per heavy atom. The molecule has 3 heterocycles. The van der Waals surface area contributed by atoms with Crippen molar-refractivity contribution in [1.29, 1.82) is 0 Å². The average Bonchev–Trinajstić information content (AvgIpc) is 2.91. The third-order valence-electron chi connectivity index (χ3n) is 4.53. The number of carbonyl (C=O) groups is 1. The van der Waals surface area contributed by atoms with Crippen LogP contribution in [0.2, 0.25) is 0 Å². The number of amides is 1. The van der Waals surface area contributed by atoms with Gasteiger partial charge < -0.3 is 9.64 Å². The maximum Gasteiger partial charge on any atom is 0.274 e. The fourth-order valence-corrected chi connectivity index (χ4v) is 4.47. The van der Waals surface area contributed by atoms with Crippen LogP contribution >= 0.6 is 11.8 Å². The highest BCUT2D eigenvalue weighted by molar-refractivity contribution is 7.99. The molecule has 0 spiro atoms. The lowest BCUT2D eigenvalue weighted by Crippen LogP contribution is -2.33. The van der Waals surface area contributed by atoms with Crippen molar-refractivity contribution in [3.8, 4) is 5.88 Å². The summed E-state index contributed by atoms with van der Waals surface area (Å²) in [5.74, 6) is 1.70. The summed E-state index contributed by atoms with van der Waals surface area (Å²) in [7, 11) is 0. The van der Waals surface area contributed by atoms with Gasteiger partial charge in [0.1, 0.15) is 0 Å². The van der Waals surface area contributed by atoms with Gasteiger partial charge in [0.25, 0.3) is 5.91 Å². The number of hydrogen-bond donors (Lipinski definition) is 0. The van der Waals surface area contributed by atoms with Crippen LogP contribution in [-0.2, 0) is 6.54 Å². The summed E-state index contributed by atoms with van der Waals surface area (Å²) < 4.78 is 7.37. The molecule has 0 unspecified atom stereocenters. The van der Waals surface area contributed by atoms with E-state index in [4.69, 9.17) is 4.74 Å². The van der Waals surface area contributed by atoms with Crippen molar-refractivity contribution < 1.29 is 9.53 Å². The zero-order valence-electron chi connectivity index (χ0n) is 13.6. The molecule has 0 N–H and O–H groups in total. The van der Waals surface area contributed by atoms with Crippen LogP contribution in [0.1, 0.15) is 34.1 Å². The summed E-state index contributed by atoms with van der Waals surface area (Å²) in [4.78, 5) is 14.7. The summed E-state index contributed by atoms with van der Waals surface area (Å²) in [6, 6.07) is 12.3. The highest BCUT2D eigenvalue weighted by atomic mass is 32.2. The normalized spacial score (nSPS) is 20.8. The second-order valence-electron chi connectivity index (χ2n) is 6.14. The molecule has 0 saturated carbocycles. The largest absolute Gasteiger partial charge is 0.478 e. The van der Waals surface area contributed by atoms with Crippen LogP contribution in [0.25, 0.3) is 0 Å². The molecule has 4 rings (SSSR count). The smallest absolute Gasteiger partial charge is 0.274 e. The number of fused-ring (bicyclic) bond motifs is 1. The third-order valence-corrected chi connectivity index (χ3v) is 5.85. The number of aromatic nitrogens is 2. The van der Waals surface area contributed by atoms with Crippen LogP contribution in [0.15, 0.2) is 36.4 Å². The van der Waals surface area contributed by atoms with Crippen molar-refractivity contribution in [3.63, 3.8) is 0 Å². The molecule has 2 aliphatic rings. The van der Waals surface area contributed by atoms with Gasteiger partial charge in [-0.3, -0.25) is 4.79 Å². The van der Waals surface area contributed by atoms with Gasteiger partial charge in [0, 0.05) is 43.1 Å². The molecule has 1 amide bonds. The number of nitrogens with zero attached hydrogens (tertiary/aromatic N) is 3. The summed E-state index contributed by atoms with van der Waals surface area (Å²) >= 11 is 1.94. The molecule has 1 atom stereocenters. The van der Waals surface area contributed by atoms with Crippen molar-refractivity contribution in [2.45, 2.75) is 24.6 Å². The fourth-order valence-electron chi connectivity index (χ4n) is 3.24. The monoisotopic (exact) mass is 343 g/mol. The van der Waals surface area contributed by atoms with E-state index in [1.807, 2.05) is 22.7 Å². The first-order chi connectivity index (χ1) is 11.8. The van der Waals surface area contributed by atoms with E-state index in [0.29, 0.717) is 17.6 Å². The number of hydrogen-bond acceptors (Lipinski definition) is 4. The summed E-state index contributed by atoms with van der Waals surface area (Å²) in [5.41, 5.74) is 1.86. The van der Waals surface area contributed by atoms with Crippen molar-refractivity contribution in [2.75, 3.05) is 25.4 Å². The van der Waals surface area contributed by atoms with E-state index >= 15 is 0 Å². The predicted octanol–water partition coefficient (Wildman–Crippen LogP) is 2.99. The lowest BCUT2D eigenvalue weighted by atomic mass is 10.1. The molecular weight excluding hydrogens is 322 g/mol. The molecule has 126 valence electrons. The third kappa shape index (κ3) is 3.15. The Kier molecular flexibility index (Phi) is 4.47. The average molecular weight is 343 g/mol. The Bertz CT molecular complexity index is 693. The van der Waals surface area contributed by atoms with Crippen molar-refractivity contribution in [2.24, 2.45) is 0 Å². The van der Waals surface area contributed by atoms with Crippen molar-refractivity contribution >= 4 is 17.7 Å². The molecule has 6 heteroatoms. The maximum atomic E-state index is 12.8. The van der Waals surface area contributed by atoms with Gasteiger partial charge in [0.2, 0.25) is 5.88 Å². The van der Waals surface area contributed by atoms with Crippen LogP contribution in [0.4, 0.5) is 0 Å². The highest BCUT2D eigenvalue weighted by Crippen LogP contribution is 2.34. The number of aryl methyl sites for hydroxylation is 1. The Labute approximate surface area is 146 Å². The van der Waals surface area contributed by atoms with Gasteiger partial charge in [-0.05, 0) is 12.0 Å². The molecule has 0 radical (unpaired) electrons. The van der Waals surface area contributed by atoms with E-state index in [0.717, 1.165) is 44.1 Å². The molecular formula is C18H21N3O2S. The maximum absolute atomic E-state index is 12.8. The van der Waals surface area contributed by atoms with Crippen molar-refractivity contribution in [3.05, 3.63) is 47.7 Å². The SMILES string of the molecule is O=C(c1cc2n(n1)CCCO2)N1CCS[C@@H](c2ccccc2)CC1. The lowest BCUT2D eigenvalue weighted by molar-refractivity contribution is 0.0759. The van der Waals surface area contributed by atoms with Gasteiger partial charge in [0.15, 0.2) is 5.69 Å². The van der Waals surface area contributed by atoms with Gasteiger partial charge in [-0.1, -0.05) is 30.3 Å². The topological polar surface area (TPSA) is 47.4 Å². The van der Waals surface area contributed by atoms with Gasteiger partial charge >= 0.3 is 0 Å². The molecule has 1 saturated heterocycles. The zero-order chi connectivity index (χ0) is 16.4. The van der Waals surface area contributed by atoms with Crippen LogP contribution in [0, 0.1) is 0 Å². The van der Waals surface area contributed by atoms with Crippen LogP contribution in [0.3, 0.4) is 0 Å². The van der Waals surface area contributed by atoms with Gasteiger partial charge in [-0.2, -0.15) is 16.9 Å². The molecule has 24 heavy (non-hydrogen) atoms. The van der Waals surface area contributed by atoms with E-state index in [1.165, 1.54) is 5.56 Å². The molecule has 1 aromatic heterocycles. The minimum atomic E-state index is 0.0230. The first kappa shape index (κ1) is 15.6. The van der Waals surface area contributed by atoms with E-state index in [1.54, 1.807) is 10.7 Å². The second kappa shape index (κ2) is 6.89. The number of carbonyl (C=O) groups excluding carboxylic acids is 1. The van der Waals surface area contributed by atoms with Gasteiger partial charge in [0.05, 0.1) is 6.61 Å². The Morgan fingerprint density at radius 3 is 2.92 bits per heavy atom. The molecule has 0 aliphatic carbocycles. The Hall–Kier alpha value is -1.95. The Balaban J connectivity index is 1.45. The van der Waals surface area contributed by atoms with Crippen LogP contribution in [-0.4, -0.2) is 46.0 Å². The van der Waals surface area contributed by atoms with Gasteiger partial charge in [-0.25, -0.2) is 4.68 Å². The van der Waals surface area contributed by atoms with E-state index < -0.39 is 0 Å². The zero-order valence-corrected chi connectivity index (χ0v) is 14.4. The predicted molar refractivity (Wildman–Crippen MR) is 94.5 cm³/mol. The van der Waals surface area contributed by atoms with Crippen molar-refractivity contribution in [1.82, 2.24) is 14.7 Å². The number of ether oxygens (including phenoxy) is 1. The van der Waals surface area contributed by atoms with Crippen LogP contribution in [0.5, 0.6) is 5.88 Å². The summed E-state index contributed by atoms with van der Waals surface area (Å²) in [5, 5.41) is 4.89. The van der Waals surface area contributed by atoms with Gasteiger partial charge in [-0.15, -0.1) is 0 Å². The molecule has 1 fully saturated rings. The first-order valence-corrected chi connectivity index (χ1v) is 9.52. The molecule has 5 nitrogen and oxygen atoms in total. The number of thioether (sulfide) groups is 1. The highest BCUT2D eigenvalue weighted by Gasteiger charge is 2.26. The fraction of sp³-hybridized carbons (Fsp3) is 0.444. The van der Waals surface area contributed by atoms with E-state index in [-0.39, 0.29) is 5.91 Å². The minimum absolute atomic E-state index is 0.0230. The summed E-state index contributed by atoms with van der Waals surface area (Å²) in [6.07, 6.45) is 1.92. The van der Waals surface area contributed by atoms with E-state index in [9.17, 15) is 4.79 Å². The Morgan fingerprint density at radius 1 is 1.21 bits per heavy atom. The minimum Gasteiger partial charge on any atom is -0.478 e. The summed E-state index contributed by atoms with van der Waals surface area (Å²) in [6.45, 7) is 3.08. The number of benzene rings is 1. The van der Waals surface area contributed by atoms with E-state index in [2.05, 4.69) is 29.4 Å². The number of rotatable bonds is 2. The standard InChI is InChI=1S/C18H21N3O2S/c22-18(15-13-17-21(19-15)8-4-11-23-17)20-9-7-16(24-12-10-20)14-5-2-1-3-6-14/h1-3,5-6,13,16H,4,7-12H2/t16-/m1/s1. The van der Waals surface area contributed by atoms with Crippen LogP contribution < -0.4 is 4.74 Å². The second-order valence-corrected chi connectivity index (χ2v) is 7.45. The molecule has 2 aliphatic heterocycles. The molecule has 2 aromatic rings.